The van der Waals surface area contributed by atoms with Gasteiger partial charge in [-0.05, 0) is 30.0 Å². The van der Waals surface area contributed by atoms with Crippen LogP contribution in [0.2, 0.25) is 0 Å². The first-order valence-corrected chi connectivity index (χ1v) is 7.22. The first kappa shape index (κ1) is 15.0. The van der Waals surface area contributed by atoms with E-state index in [0.29, 0.717) is 5.57 Å². The maximum absolute atomic E-state index is 12.1. The van der Waals surface area contributed by atoms with E-state index in [0.717, 1.165) is 16.0 Å². The number of ether oxygens (including phenoxy) is 1. The fourth-order valence-electron chi connectivity index (χ4n) is 1.80. The summed E-state index contributed by atoms with van der Waals surface area (Å²) in [5.41, 5.74) is 7.41. The molecule has 4 nitrogen and oxygen atoms in total. The van der Waals surface area contributed by atoms with E-state index in [-0.39, 0.29) is 0 Å². The summed E-state index contributed by atoms with van der Waals surface area (Å²) >= 11 is 1.43. The number of carbonyl (C=O) groups is 2. The molecule has 0 fully saturated rings. The Bertz CT molecular complexity index is 675. The Morgan fingerprint density at radius 2 is 2.10 bits per heavy atom. The van der Waals surface area contributed by atoms with Crippen molar-refractivity contribution in [1.82, 2.24) is 0 Å². The number of nitrogens with two attached hydrogens (primary N) is 1. The van der Waals surface area contributed by atoms with Crippen LogP contribution in [0.15, 0.2) is 41.8 Å². The van der Waals surface area contributed by atoms with Gasteiger partial charge in [-0.2, -0.15) is 0 Å². The fourth-order valence-corrected chi connectivity index (χ4v) is 2.53. The molecule has 0 aliphatic carbocycles. The average Bonchev–Trinajstić information content (AvgIpc) is 2.96. The molecule has 1 heterocycles. The van der Waals surface area contributed by atoms with Gasteiger partial charge >= 0.3 is 5.97 Å². The van der Waals surface area contributed by atoms with Gasteiger partial charge in [0.15, 0.2) is 6.61 Å². The molecule has 1 amide bonds. The third-order valence-corrected chi connectivity index (χ3v) is 3.61. The van der Waals surface area contributed by atoms with Crippen molar-refractivity contribution >= 4 is 34.9 Å². The highest BCUT2D eigenvalue weighted by Gasteiger charge is 2.15. The second-order valence-electron chi connectivity index (χ2n) is 4.49. The molecule has 2 rings (SSSR count). The maximum Gasteiger partial charge on any atom is 0.340 e. The summed E-state index contributed by atoms with van der Waals surface area (Å²) in [5.74, 6) is -1.23. The molecule has 0 bridgehead atoms. The van der Waals surface area contributed by atoms with Gasteiger partial charge in [0.1, 0.15) is 0 Å². The van der Waals surface area contributed by atoms with Gasteiger partial charge in [-0.15, -0.1) is 11.3 Å². The molecule has 2 N–H and O–H groups in total. The number of hydrogen-bond donors (Lipinski definition) is 1. The summed E-state index contributed by atoms with van der Waals surface area (Å²) in [6, 6.07) is 11.5. The lowest BCUT2D eigenvalue weighted by atomic mass is 10.1. The van der Waals surface area contributed by atoms with E-state index in [9.17, 15) is 9.59 Å². The van der Waals surface area contributed by atoms with E-state index < -0.39 is 18.5 Å². The van der Waals surface area contributed by atoms with Crippen molar-refractivity contribution in [2.45, 2.75) is 6.92 Å². The van der Waals surface area contributed by atoms with Crippen molar-refractivity contribution in [3.63, 3.8) is 0 Å². The largest absolute Gasteiger partial charge is 0.452 e. The zero-order valence-corrected chi connectivity index (χ0v) is 12.4. The second kappa shape index (κ2) is 6.85. The van der Waals surface area contributed by atoms with Crippen LogP contribution in [0.3, 0.4) is 0 Å². The Morgan fingerprint density at radius 3 is 2.71 bits per heavy atom. The van der Waals surface area contributed by atoms with Crippen molar-refractivity contribution in [3.8, 4) is 0 Å². The van der Waals surface area contributed by atoms with E-state index in [4.69, 9.17) is 10.5 Å². The normalized spacial score (nSPS) is 11.2. The minimum Gasteiger partial charge on any atom is -0.452 e. The van der Waals surface area contributed by atoms with Crippen molar-refractivity contribution in [2.24, 2.45) is 5.73 Å². The lowest BCUT2D eigenvalue weighted by Crippen LogP contribution is -2.21. The third-order valence-electron chi connectivity index (χ3n) is 2.71. The standard InChI is InChI=1S/C16H15NO3S/c1-11-4-2-5-12(8-11)9-13(14-6-3-7-21-14)16(19)20-10-15(17)18/h2-9H,10H2,1H3,(H2,17,18)/b13-9+. The van der Waals surface area contributed by atoms with Gasteiger partial charge in [0.2, 0.25) is 0 Å². The van der Waals surface area contributed by atoms with Gasteiger partial charge in [0.25, 0.3) is 5.91 Å². The van der Waals surface area contributed by atoms with Crippen LogP contribution in [-0.2, 0) is 14.3 Å². The first-order valence-electron chi connectivity index (χ1n) is 6.34. The zero-order chi connectivity index (χ0) is 15.2. The number of esters is 1. The van der Waals surface area contributed by atoms with Crippen molar-refractivity contribution in [1.29, 1.82) is 0 Å². The van der Waals surface area contributed by atoms with Gasteiger partial charge in [-0.25, -0.2) is 4.79 Å². The molecular formula is C16H15NO3S. The van der Waals surface area contributed by atoms with Crippen LogP contribution in [0, 0.1) is 6.92 Å². The second-order valence-corrected chi connectivity index (χ2v) is 5.44. The molecule has 0 spiro atoms. The van der Waals surface area contributed by atoms with Crippen molar-refractivity contribution < 1.29 is 14.3 Å². The zero-order valence-electron chi connectivity index (χ0n) is 11.5. The number of benzene rings is 1. The molecule has 1 aromatic heterocycles. The Kier molecular flexibility index (Phi) is 4.90. The molecule has 0 atom stereocenters. The molecule has 0 aliphatic rings. The van der Waals surface area contributed by atoms with Gasteiger partial charge in [0, 0.05) is 4.88 Å². The summed E-state index contributed by atoms with van der Waals surface area (Å²) in [4.78, 5) is 23.7. The molecule has 108 valence electrons. The Hall–Kier alpha value is -2.40. The molecule has 0 aliphatic heterocycles. The predicted molar refractivity (Wildman–Crippen MR) is 83.5 cm³/mol. The summed E-state index contributed by atoms with van der Waals surface area (Å²) in [6.07, 6.45) is 1.75. The van der Waals surface area contributed by atoms with E-state index in [2.05, 4.69) is 0 Å². The quantitative estimate of drug-likeness (QED) is 0.682. The van der Waals surface area contributed by atoms with Gasteiger partial charge < -0.3 is 10.5 Å². The van der Waals surface area contributed by atoms with E-state index in [1.54, 1.807) is 6.08 Å². The van der Waals surface area contributed by atoms with Crippen LogP contribution in [-0.4, -0.2) is 18.5 Å². The minimum atomic E-state index is -0.676. The highest BCUT2D eigenvalue weighted by Crippen LogP contribution is 2.24. The molecule has 0 radical (unpaired) electrons. The highest BCUT2D eigenvalue weighted by molar-refractivity contribution is 7.11. The average molecular weight is 301 g/mol. The minimum absolute atomic E-state index is 0.414. The molecular weight excluding hydrogens is 286 g/mol. The van der Waals surface area contributed by atoms with E-state index in [1.165, 1.54) is 11.3 Å². The van der Waals surface area contributed by atoms with Gasteiger partial charge in [-0.1, -0.05) is 35.9 Å². The maximum atomic E-state index is 12.1. The summed E-state index contributed by atoms with van der Waals surface area (Å²) in [5, 5.41) is 1.88. The number of amides is 1. The summed E-state index contributed by atoms with van der Waals surface area (Å²) < 4.78 is 4.92. The van der Waals surface area contributed by atoms with Crippen LogP contribution >= 0.6 is 11.3 Å². The monoisotopic (exact) mass is 301 g/mol. The highest BCUT2D eigenvalue weighted by atomic mass is 32.1. The summed E-state index contributed by atoms with van der Waals surface area (Å²) in [7, 11) is 0. The predicted octanol–water partition coefficient (Wildman–Crippen LogP) is 2.63. The number of primary amides is 1. The van der Waals surface area contributed by atoms with Crippen molar-refractivity contribution in [3.05, 3.63) is 57.8 Å². The molecule has 0 saturated heterocycles. The van der Waals surface area contributed by atoms with Crippen LogP contribution in [0.5, 0.6) is 0 Å². The third kappa shape index (κ3) is 4.29. The Labute approximate surface area is 126 Å². The molecule has 0 unspecified atom stereocenters. The number of thiophene rings is 1. The van der Waals surface area contributed by atoms with Gasteiger partial charge in [0.05, 0.1) is 5.57 Å². The molecule has 1 aromatic carbocycles. The first-order chi connectivity index (χ1) is 10.1. The Morgan fingerprint density at radius 1 is 1.29 bits per heavy atom. The van der Waals surface area contributed by atoms with Crippen LogP contribution in [0.1, 0.15) is 16.0 Å². The number of carbonyl (C=O) groups excluding carboxylic acids is 2. The van der Waals surface area contributed by atoms with E-state index in [1.807, 2.05) is 48.7 Å². The summed E-state index contributed by atoms with van der Waals surface area (Å²) in [6.45, 7) is 1.56. The number of aryl methyl sites for hydroxylation is 1. The lowest BCUT2D eigenvalue weighted by Gasteiger charge is -2.06. The van der Waals surface area contributed by atoms with Crippen LogP contribution < -0.4 is 5.73 Å². The van der Waals surface area contributed by atoms with Gasteiger partial charge in [-0.3, -0.25) is 4.79 Å². The van der Waals surface area contributed by atoms with Crippen LogP contribution in [0.25, 0.3) is 11.6 Å². The molecule has 21 heavy (non-hydrogen) atoms. The SMILES string of the molecule is Cc1cccc(/C=C(/C(=O)OCC(N)=O)c2cccs2)c1. The van der Waals surface area contributed by atoms with Crippen LogP contribution in [0.4, 0.5) is 0 Å². The Balaban J connectivity index is 2.33. The topological polar surface area (TPSA) is 69.4 Å². The number of rotatable bonds is 5. The fraction of sp³-hybridized carbons (Fsp3) is 0.125. The molecule has 0 saturated carbocycles. The molecule has 5 heteroatoms. The van der Waals surface area contributed by atoms with Crippen molar-refractivity contribution in [2.75, 3.05) is 6.61 Å². The van der Waals surface area contributed by atoms with E-state index >= 15 is 0 Å². The smallest absolute Gasteiger partial charge is 0.340 e. The lowest BCUT2D eigenvalue weighted by molar-refractivity contribution is -0.141. The number of hydrogen-bond acceptors (Lipinski definition) is 4. The molecule has 2 aromatic rings.